The number of fused-ring (bicyclic) bond motifs is 1. The number of thiophene rings is 1. The van der Waals surface area contributed by atoms with E-state index in [2.05, 4.69) is 17.8 Å². The van der Waals surface area contributed by atoms with Gasteiger partial charge in [0.2, 0.25) is 0 Å². The van der Waals surface area contributed by atoms with Crippen molar-refractivity contribution in [2.24, 2.45) is 11.7 Å². The Kier molecular flexibility index (Phi) is 5.75. The molecular weight excluding hydrogens is 366 g/mol. The van der Waals surface area contributed by atoms with E-state index < -0.39 is 11.8 Å². The van der Waals surface area contributed by atoms with Crippen LogP contribution in [-0.4, -0.2) is 24.3 Å². The van der Waals surface area contributed by atoms with Crippen LogP contribution in [0.3, 0.4) is 0 Å². The molecule has 1 aromatic heterocycles. The fourth-order valence-electron chi connectivity index (χ4n) is 2.98. The van der Waals surface area contributed by atoms with Crippen molar-refractivity contribution in [3.8, 4) is 5.75 Å². The Morgan fingerprint density at radius 1 is 1.26 bits per heavy atom. The first-order chi connectivity index (χ1) is 12.9. The first-order valence-corrected chi connectivity index (χ1v) is 9.48. The third-order valence-electron chi connectivity index (χ3n) is 4.38. The quantitative estimate of drug-likeness (QED) is 0.680. The van der Waals surface area contributed by atoms with Gasteiger partial charge in [0.25, 0.3) is 17.7 Å². The van der Waals surface area contributed by atoms with Crippen LogP contribution in [0.1, 0.15) is 43.8 Å². The van der Waals surface area contributed by atoms with Gasteiger partial charge < -0.3 is 10.5 Å². The van der Waals surface area contributed by atoms with Crippen LogP contribution >= 0.6 is 11.3 Å². The minimum atomic E-state index is -0.643. The monoisotopic (exact) mass is 387 g/mol. The summed E-state index contributed by atoms with van der Waals surface area (Å²) in [5.74, 6) is -0.699. The molecule has 0 fully saturated rings. The lowest BCUT2D eigenvalue weighted by molar-refractivity contribution is -0.123. The van der Waals surface area contributed by atoms with Crippen molar-refractivity contribution in [3.63, 3.8) is 0 Å². The van der Waals surface area contributed by atoms with Crippen LogP contribution in [0.4, 0.5) is 0 Å². The molecule has 27 heavy (non-hydrogen) atoms. The second-order valence-corrected chi connectivity index (χ2v) is 7.70. The maximum atomic E-state index is 12.2. The molecule has 0 saturated carbocycles. The summed E-state index contributed by atoms with van der Waals surface area (Å²) >= 11 is 1.47. The average Bonchev–Trinajstić information content (AvgIpc) is 3.07. The Bertz CT molecular complexity index is 878. The number of nitrogens with two attached hydrogens (primary N) is 1. The van der Waals surface area contributed by atoms with Crippen LogP contribution in [0, 0.1) is 5.92 Å². The highest BCUT2D eigenvalue weighted by Gasteiger charge is 2.21. The molecule has 0 aliphatic heterocycles. The van der Waals surface area contributed by atoms with Gasteiger partial charge in [0, 0.05) is 4.88 Å². The summed E-state index contributed by atoms with van der Waals surface area (Å²) in [5, 5.41) is 0. The molecule has 8 heteroatoms. The minimum absolute atomic E-state index is 0.188. The van der Waals surface area contributed by atoms with E-state index in [1.165, 1.54) is 27.8 Å². The van der Waals surface area contributed by atoms with Crippen LogP contribution in [-0.2, 0) is 17.6 Å². The Morgan fingerprint density at radius 3 is 2.81 bits per heavy atom. The van der Waals surface area contributed by atoms with Gasteiger partial charge in [-0.2, -0.15) is 0 Å². The lowest BCUT2D eigenvalue weighted by Crippen LogP contribution is -2.43. The van der Waals surface area contributed by atoms with E-state index in [0.717, 1.165) is 19.3 Å². The molecule has 3 amide bonds. The van der Waals surface area contributed by atoms with Crippen LogP contribution in [0.25, 0.3) is 0 Å². The van der Waals surface area contributed by atoms with Gasteiger partial charge in [0.15, 0.2) is 6.61 Å². The van der Waals surface area contributed by atoms with Crippen LogP contribution in [0.15, 0.2) is 30.3 Å². The van der Waals surface area contributed by atoms with Crippen LogP contribution in [0.5, 0.6) is 5.75 Å². The fourth-order valence-corrected chi connectivity index (χ4v) is 4.08. The Balaban J connectivity index is 1.51. The lowest BCUT2D eigenvalue weighted by Gasteiger charge is -2.16. The van der Waals surface area contributed by atoms with Gasteiger partial charge >= 0.3 is 0 Å². The zero-order valence-corrected chi connectivity index (χ0v) is 15.7. The van der Waals surface area contributed by atoms with Gasteiger partial charge in [-0.3, -0.25) is 25.2 Å². The number of carbonyl (C=O) groups excluding carboxylic acids is 3. The van der Waals surface area contributed by atoms with Gasteiger partial charge in [-0.05, 0) is 48.9 Å². The highest BCUT2D eigenvalue weighted by atomic mass is 32.1. The molecule has 0 bridgehead atoms. The van der Waals surface area contributed by atoms with Gasteiger partial charge in [-0.25, -0.2) is 0 Å². The summed E-state index contributed by atoms with van der Waals surface area (Å²) in [5.41, 5.74) is 11.4. The zero-order chi connectivity index (χ0) is 19.4. The highest BCUT2D eigenvalue weighted by molar-refractivity contribution is 7.14. The van der Waals surface area contributed by atoms with Crippen LogP contribution in [0.2, 0.25) is 0 Å². The number of aryl methyl sites for hydroxylation is 1. The minimum Gasteiger partial charge on any atom is -0.483 e. The van der Waals surface area contributed by atoms with E-state index in [1.54, 1.807) is 18.2 Å². The Hall–Kier alpha value is -2.87. The van der Waals surface area contributed by atoms with Crippen LogP contribution < -0.4 is 21.3 Å². The van der Waals surface area contributed by atoms with Gasteiger partial charge in [-0.15, -0.1) is 11.3 Å². The number of hydrazine groups is 1. The number of para-hydroxylation sites is 1. The van der Waals surface area contributed by atoms with E-state index in [0.29, 0.717) is 10.8 Å². The van der Waals surface area contributed by atoms with Crippen molar-refractivity contribution in [2.75, 3.05) is 6.61 Å². The number of rotatable bonds is 5. The van der Waals surface area contributed by atoms with Crippen molar-refractivity contribution in [3.05, 3.63) is 51.2 Å². The normalized spacial score (nSPS) is 15.5. The molecule has 1 heterocycles. The fraction of sp³-hybridized carbons (Fsp3) is 0.316. The second-order valence-electron chi connectivity index (χ2n) is 6.56. The Morgan fingerprint density at radius 2 is 2.04 bits per heavy atom. The van der Waals surface area contributed by atoms with Crippen molar-refractivity contribution in [1.29, 1.82) is 0 Å². The molecule has 0 unspecified atom stereocenters. The van der Waals surface area contributed by atoms with Crippen molar-refractivity contribution in [1.82, 2.24) is 10.9 Å². The molecule has 1 aromatic carbocycles. The van der Waals surface area contributed by atoms with Crippen molar-refractivity contribution < 1.29 is 19.1 Å². The number of ether oxygens (including phenoxy) is 1. The number of primary amides is 1. The molecule has 4 N–H and O–H groups in total. The molecule has 0 radical (unpaired) electrons. The van der Waals surface area contributed by atoms with E-state index in [9.17, 15) is 14.4 Å². The average molecular weight is 387 g/mol. The third kappa shape index (κ3) is 4.65. The van der Waals surface area contributed by atoms with Crippen molar-refractivity contribution >= 4 is 29.1 Å². The topological polar surface area (TPSA) is 111 Å². The number of benzene rings is 1. The van der Waals surface area contributed by atoms with Gasteiger partial charge in [-0.1, -0.05) is 19.1 Å². The molecule has 0 saturated heterocycles. The number of carbonyl (C=O) groups is 3. The molecule has 0 spiro atoms. The van der Waals surface area contributed by atoms with E-state index in [1.807, 2.05) is 6.07 Å². The third-order valence-corrected chi connectivity index (χ3v) is 5.62. The second kappa shape index (κ2) is 8.22. The number of amides is 3. The maximum Gasteiger partial charge on any atom is 0.279 e. The smallest absolute Gasteiger partial charge is 0.279 e. The zero-order valence-electron chi connectivity index (χ0n) is 14.9. The summed E-state index contributed by atoms with van der Waals surface area (Å²) < 4.78 is 5.31. The first-order valence-electron chi connectivity index (χ1n) is 8.66. The number of hydrogen-bond acceptors (Lipinski definition) is 5. The van der Waals surface area contributed by atoms with E-state index in [4.69, 9.17) is 10.5 Å². The lowest BCUT2D eigenvalue weighted by atomic mass is 9.90. The molecule has 1 atom stereocenters. The van der Waals surface area contributed by atoms with E-state index in [-0.39, 0.29) is 23.8 Å². The van der Waals surface area contributed by atoms with E-state index >= 15 is 0 Å². The summed E-state index contributed by atoms with van der Waals surface area (Å²) in [7, 11) is 0. The Labute approximate surface area is 160 Å². The molecule has 1 aliphatic rings. The predicted molar refractivity (Wildman–Crippen MR) is 102 cm³/mol. The molecule has 7 nitrogen and oxygen atoms in total. The molecule has 1 aliphatic carbocycles. The van der Waals surface area contributed by atoms with Gasteiger partial charge in [0.1, 0.15) is 5.75 Å². The van der Waals surface area contributed by atoms with Crippen molar-refractivity contribution in [2.45, 2.75) is 26.2 Å². The van der Waals surface area contributed by atoms with Gasteiger partial charge in [0.05, 0.1) is 10.4 Å². The summed E-state index contributed by atoms with van der Waals surface area (Å²) in [6.45, 7) is 1.85. The predicted octanol–water partition coefficient (Wildman–Crippen LogP) is 1.81. The SMILES string of the molecule is C[C@@H]1CCc2sc(C(=O)NNC(=O)COc3ccccc3C(N)=O)cc2C1. The maximum absolute atomic E-state index is 12.2. The summed E-state index contributed by atoms with van der Waals surface area (Å²) in [6, 6.07) is 8.27. The molecular formula is C19H21N3O4S. The molecule has 3 rings (SSSR count). The first kappa shape index (κ1) is 18.9. The molecule has 142 valence electrons. The molecule has 2 aromatic rings. The summed E-state index contributed by atoms with van der Waals surface area (Å²) in [6.07, 6.45) is 3.11. The summed E-state index contributed by atoms with van der Waals surface area (Å²) in [4.78, 5) is 37.3. The standard InChI is InChI=1S/C19H21N3O4S/c1-11-6-7-15-12(8-11)9-16(27-15)19(25)22-21-17(23)10-26-14-5-3-2-4-13(14)18(20)24/h2-5,9,11H,6-8,10H2,1H3,(H2,20,24)(H,21,23)(H,22,25)/t11-/m1/s1. The number of hydrogen-bond donors (Lipinski definition) is 3. The largest absolute Gasteiger partial charge is 0.483 e. The highest BCUT2D eigenvalue weighted by Crippen LogP contribution is 2.32. The number of nitrogens with one attached hydrogen (secondary N) is 2.